The normalized spacial score (nSPS) is 10.7. The van der Waals surface area contributed by atoms with E-state index in [0.717, 1.165) is 5.56 Å². The number of methoxy groups -OCH3 is 2. The molecule has 1 N–H and O–H groups in total. The zero-order chi connectivity index (χ0) is 18.5. The second-order valence-electron chi connectivity index (χ2n) is 5.81. The molecule has 0 aliphatic carbocycles. The summed E-state index contributed by atoms with van der Waals surface area (Å²) in [5.74, 6) is 0.854. The molecule has 1 aromatic carbocycles. The molecule has 0 spiro atoms. The van der Waals surface area contributed by atoms with Gasteiger partial charge in [-0.25, -0.2) is 9.37 Å². The number of carbonyl (C=O) groups is 1. The van der Waals surface area contributed by atoms with Gasteiger partial charge in [-0.1, -0.05) is 6.07 Å². The molecule has 7 heteroatoms. The summed E-state index contributed by atoms with van der Waals surface area (Å²) in [5, 5.41) is 2.87. The smallest absolute Gasteiger partial charge is 0.226 e. The fourth-order valence-corrected chi connectivity index (χ4v) is 2.71. The standard InChI is InChI=1S/C19H20FN3O3/c1-25-16-5-3-13(9-17(16)26-2)7-8-21-19(24)10-15-12-23-11-14(20)4-6-18(23)22-15/h3-6,9,11-12H,7-8,10H2,1-2H3,(H,21,24). The average molecular weight is 357 g/mol. The third-order valence-corrected chi connectivity index (χ3v) is 3.99. The lowest BCUT2D eigenvalue weighted by Gasteiger charge is -2.10. The Kier molecular flexibility index (Phi) is 5.36. The third kappa shape index (κ3) is 4.11. The van der Waals surface area contributed by atoms with Crippen molar-refractivity contribution in [3.05, 3.63) is 59.8 Å². The monoisotopic (exact) mass is 357 g/mol. The average Bonchev–Trinajstić information content (AvgIpc) is 3.02. The summed E-state index contributed by atoms with van der Waals surface area (Å²) in [5.41, 5.74) is 2.24. The molecule has 136 valence electrons. The maximum atomic E-state index is 13.2. The van der Waals surface area contributed by atoms with Gasteiger partial charge in [-0.05, 0) is 36.2 Å². The summed E-state index contributed by atoms with van der Waals surface area (Å²) < 4.78 is 25.2. The van der Waals surface area contributed by atoms with Crippen molar-refractivity contribution in [1.29, 1.82) is 0 Å². The zero-order valence-electron chi connectivity index (χ0n) is 14.7. The molecule has 0 bridgehead atoms. The lowest BCUT2D eigenvalue weighted by molar-refractivity contribution is -0.120. The van der Waals surface area contributed by atoms with Gasteiger partial charge in [0, 0.05) is 18.9 Å². The first-order valence-corrected chi connectivity index (χ1v) is 8.20. The van der Waals surface area contributed by atoms with E-state index in [1.807, 2.05) is 18.2 Å². The molecule has 0 fully saturated rings. The van der Waals surface area contributed by atoms with Gasteiger partial charge in [-0.15, -0.1) is 0 Å². The number of amides is 1. The fraction of sp³-hybridized carbons (Fsp3) is 0.263. The first-order valence-electron chi connectivity index (χ1n) is 8.20. The van der Waals surface area contributed by atoms with Crippen molar-refractivity contribution in [3.8, 4) is 11.5 Å². The van der Waals surface area contributed by atoms with Gasteiger partial charge in [0.25, 0.3) is 0 Å². The quantitative estimate of drug-likeness (QED) is 0.705. The Balaban J connectivity index is 1.53. The minimum atomic E-state index is -0.346. The van der Waals surface area contributed by atoms with E-state index in [1.54, 1.807) is 30.9 Å². The second kappa shape index (κ2) is 7.86. The van der Waals surface area contributed by atoms with Crippen LogP contribution < -0.4 is 14.8 Å². The van der Waals surface area contributed by atoms with Gasteiger partial charge in [0.05, 0.1) is 26.3 Å². The van der Waals surface area contributed by atoms with Gasteiger partial charge in [0.1, 0.15) is 11.5 Å². The maximum absolute atomic E-state index is 13.2. The highest BCUT2D eigenvalue weighted by Gasteiger charge is 2.09. The van der Waals surface area contributed by atoms with E-state index in [2.05, 4.69) is 10.3 Å². The lowest BCUT2D eigenvalue weighted by atomic mass is 10.1. The molecule has 0 radical (unpaired) electrons. The molecule has 2 heterocycles. The highest BCUT2D eigenvalue weighted by Crippen LogP contribution is 2.27. The molecule has 6 nitrogen and oxygen atoms in total. The van der Waals surface area contributed by atoms with Gasteiger partial charge >= 0.3 is 0 Å². The number of ether oxygens (including phenoxy) is 2. The van der Waals surface area contributed by atoms with Crippen molar-refractivity contribution in [2.75, 3.05) is 20.8 Å². The first kappa shape index (κ1) is 17.7. The largest absolute Gasteiger partial charge is 0.493 e. The predicted molar refractivity (Wildman–Crippen MR) is 95.1 cm³/mol. The fourth-order valence-electron chi connectivity index (χ4n) is 2.71. The number of nitrogens with one attached hydrogen (secondary N) is 1. The molecule has 0 saturated heterocycles. The molecule has 0 aliphatic heterocycles. The summed E-state index contributed by atoms with van der Waals surface area (Å²) in [4.78, 5) is 16.4. The number of benzene rings is 1. The predicted octanol–water partition coefficient (Wildman–Crippen LogP) is 2.39. The van der Waals surface area contributed by atoms with E-state index in [0.29, 0.717) is 35.8 Å². The topological polar surface area (TPSA) is 64.9 Å². The molecule has 0 unspecified atom stereocenters. The highest BCUT2D eigenvalue weighted by atomic mass is 19.1. The maximum Gasteiger partial charge on any atom is 0.226 e. The van der Waals surface area contributed by atoms with Crippen molar-refractivity contribution in [1.82, 2.24) is 14.7 Å². The molecule has 1 amide bonds. The number of hydrogen-bond donors (Lipinski definition) is 1. The number of halogens is 1. The minimum absolute atomic E-state index is 0.130. The van der Waals surface area contributed by atoms with Crippen LogP contribution >= 0.6 is 0 Å². The Labute approximate surface area is 150 Å². The number of imidazole rings is 1. The van der Waals surface area contributed by atoms with E-state index in [4.69, 9.17) is 9.47 Å². The summed E-state index contributed by atoms with van der Waals surface area (Å²) >= 11 is 0. The Hall–Kier alpha value is -3.09. The summed E-state index contributed by atoms with van der Waals surface area (Å²) in [6.07, 6.45) is 3.81. The van der Waals surface area contributed by atoms with Crippen LogP contribution in [0.5, 0.6) is 11.5 Å². The van der Waals surface area contributed by atoms with Crippen LogP contribution in [0.2, 0.25) is 0 Å². The van der Waals surface area contributed by atoms with Gasteiger partial charge in [-0.3, -0.25) is 4.79 Å². The van der Waals surface area contributed by atoms with Crippen molar-refractivity contribution >= 4 is 11.6 Å². The minimum Gasteiger partial charge on any atom is -0.493 e. The van der Waals surface area contributed by atoms with Crippen molar-refractivity contribution in [2.45, 2.75) is 12.8 Å². The van der Waals surface area contributed by atoms with Crippen LogP contribution in [0.25, 0.3) is 5.65 Å². The van der Waals surface area contributed by atoms with Crippen LogP contribution in [0, 0.1) is 5.82 Å². The van der Waals surface area contributed by atoms with E-state index in [9.17, 15) is 9.18 Å². The van der Waals surface area contributed by atoms with Gasteiger partial charge in [0.2, 0.25) is 5.91 Å². The van der Waals surface area contributed by atoms with E-state index in [-0.39, 0.29) is 18.1 Å². The van der Waals surface area contributed by atoms with Crippen molar-refractivity contribution < 1.29 is 18.7 Å². The number of nitrogens with zero attached hydrogens (tertiary/aromatic N) is 2. The molecule has 3 rings (SSSR count). The highest BCUT2D eigenvalue weighted by molar-refractivity contribution is 5.78. The van der Waals surface area contributed by atoms with Crippen molar-refractivity contribution in [2.24, 2.45) is 0 Å². The molecule has 3 aromatic rings. The molecule has 0 saturated carbocycles. The van der Waals surface area contributed by atoms with Gasteiger partial charge in [0.15, 0.2) is 11.5 Å². The molecule has 2 aromatic heterocycles. The summed E-state index contributed by atoms with van der Waals surface area (Å²) in [6.45, 7) is 0.496. The Morgan fingerprint density at radius 1 is 1.15 bits per heavy atom. The van der Waals surface area contributed by atoms with Crippen LogP contribution in [-0.2, 0) is 17.6 Å². The number of carbonyl (C=O) groups excluding carboxylic acids is 1. The number of pyridine rings is 1. The summed E-state index contributed by atoms with van der Waals surface area (Å²) in [6, 6.07) is 8.58. The van der Waals surface area contributed by atoms with E-state index >= 15 is 0 Å². The van der Waals surface area contributed by atoms with Crippen molar-refractivity contribution in [3.63, 3.8) is 0 Å². The molecule has 0 atom stereocenters. The summed E-state index contributed by atoms with van der Waals surface area (Å²) in [7, 11) is 3.18. The SMILES string of the molecule is COc1ccc(CCNC(=O)Cc2cn3cc(F)ccc3n2)cc1OC. The van der Waals surface area contributed by atoms with E-state index in [1.165, 1.54) is 12.3 Å². The second-order valence-corrected chi connectivity index (χ2v) is 5.81. The zero-order valence-corrected chi connectivity index (χ0v) is 14.7. The number of aromatic nitrogens is 2. The number of rotatable bonds is 7. The van der Waals surface area contributed by atoms with E-state index < -0.39 is 0 Å². The van der Waals surface area contributed by atoms with Crippen LogP contribution in [0.15, 0.2) is 42.7 Å². The molecule has 0 aliphatic rings. The third-order valence-electron chi connectivity index (χ3n) is 3.99. The Morgan fingerprint density at radius 3 is 2.73 bits per heavy atom. The molecular formula is C19H20FN3O3. The lowest BCUT2D eigenvalue weighted by Crippen LogP contribution is -2.27. The number of fused-ring (bicyclic) bond motifs is 1. The van der Waals surface area contributed by atoms with Crippen LogP contribution in [0.4, 0.5) is 4.39 Å². The number of hydrogen-bond acceptors (Lipinski definition) is 4. The molecular weight excluding hydrogens is 337 g/mol. The molecule has 26 heavy (non-hydrogen) atoms. The Bertz CT molecular complexity index is 924. The van der Waals surface area contributed by atoms with Crippen LogP contribution in [0.1, 0.15) is 11.3 Å². The van der Waals surface area contributed by atoms with Crippen LogP contribution in [0.3, 0.4) is 0 Å². The first-order chi connectivity index (χ1) is 12.6. The van der Waals surface area contributed by atoms with Gasteiger partial charge < -0.3 is 19.2 Å². The Morgan fingerprint density at radius 2 is 1.96 bits per heavy atom. The van der Waals surface area contributed by atoms with Gasteiger partial charge in [-0.2, -0.15) is 0 Å². The van der Waals surface area contributed by atoms with Crippen LogP contribution in [-0.4, -0.2) is 36.1 Å².